The van der Waals surface area contributed by atoms with Crippen molar-refractivity contribution >= 4 is 11.8 Å². The van der Waals surface area contributed by atoms with Crippen LogP contribution in [0.15, 0.2) is 0 Å². The summed E-state index contributed by atoms with van der Waals surface area (Å²) in [5.41, 5.74) is 0. The number of amides is 2. The first kappa shape index (κ1) is 18.7. The third-order valence-corrected chi connectivity index (χ3v) is 6.69. The molecular formula is C21H36N2O2. The van der Waals surface area contributed by atoms with Crippen LogP contribution < -0.4 is 0 Å². The minimum absolute atomic E-state index is 0.227. The molecule has 0 aromatic rings. The highest BCUT2D eigenvalue weighted by atomic mass is 16.2. The molecule has 1 saturated heterocycles. The zero-order valence-electron chi connectivity index (χ0n) is 16.2. The Labute approximate surface area is 153 Å². The lowest BCUT2D eigenvalue weighted by Crippen LogP contribution is -2.42. The number of hydrogen-bond donors (Lipinski definition) is 0. The Morgan fingerprint density at radius 3 is 1.48 bits per heavy atom. The molecule has 142 valence electrons. The van der Waals surface area contributed by atoms with Gasteiger partial charge in [-0.05, 0) is 43.9 Å². The predicted octanol–water partition coefficient (Wildman–Crippen LogP) is 3.70. The number of nitrogens with zero attached hydrogens (tertiary/aromatic N) is 2. The summed E-state index contributed by atoms with van der Waals surface area (Å²) >= 11 is 0. The smallest absolute Gasteiger partial charge is 0.225 e. The molecule has 2 amide bonds. The molecule has 4 atom stereocenters. The Hall–Kier alpha value is -1.06. The summed E-state index contributed by atoms with van der Waals surface area (Å²) in [6.45, 7) is 7.67. The summed E-state index contributed by atoms with van der Waals surface area (Å²) in [7, 11) is 0. The van der Waals surface area contributed by atoms with Gasteiger partial charge in [0.1, 0.15) is 0 Å². The molecule has 0 bridgehead atoms. The first-order chi connectivity index (χ1) is 12.0. The molecule has 4 unspecified atom stereocenters. The summed E-state index contributed by atoms with van der Waals surface area (Å²) in [4.78, 5) is 29.9. The van der Waals surface area contributed by atoms with Crippen molar-refractivity contribution in [2.45, 2.75) is 71.6 Å². The van der Waals surface area contributed by atoms with Gasteiger partial charge in [0.25, 0.3) is 0 Å². The third kappa shape index (κ3) is 4.77. The van der Waals surface area contributed by atoms with Crippen LogP contribution in [0.4, 0.5) is 0 Å². The maximum atomic E-state index is 12.9. The van der Waals surface area contributed by atoms with Gasteiger partial charge in [0.05, 0.1) is 0 Å². The molecule has 3 rings (SSSR count). The van der Waals surface area contributed by atoms with Crippen LogP contribution >= 0.6 is 0 Å². The normalized spacial score (nSPS) is 34.5. The maximum Gasteiger partial charge on any atom is 0.225 e. The van der Waals surface area contributed by atoms with E-state index in [-0.39, 0.29) is 11.8 Å². The molecule has 3 aliphatic rings. The Morgan fingerprint density at radius 2 is 1.08 bits per heavy atom. The molecule has 1 heterocycles. The molecule has 1 aliphatic heterocycles. The average molecular weight is 349 g/mol. The van der Waals surface area contributed by atoms with Crippen molar-refractivity contribution in [2.24, 2.45) is 23.7 Å². The van der Waals surface area contributed by atoms with Crippen molar-refractivity contribution in [3.63, 3.8) is 0 Å². The second-order valence-electron chi connectivity index (χ2n) is 8.94. The molecule has 2 saturated carbocycles. The molecule has 0 aromatic carbocycles. The van der Waals surface area contributed by atoms with Gasteiger partial charge in [-0.3, -0.25) is 9.59 Å². The van der Waals surface area contributed by atoms with Gasteiger partial charge in [0.2, 0.25) is 11.8 Å². The monoisotopic (exact) mass is 348 g/mol. The van der Waals surface area contributed by atoms with Crippen LogP contribution in [0.1, 0.15) is 71.6 Å². The van der Waals surface area contributed by atoms with Crippen LogP contribution in [0, 0.1) is 23.7 Å². The van der Waals surface area contributed by atoms with E-state index < -0.39 is 0 Å². The molecule has 0 spiro atoms. The number of carbonyl (C=O) groups is 2. The largest absolute Gasteiger partial charge is 0.341 e. The van der Waals surface area contributed by atoms with Crippen molar-refractivity contribution in [1.82, 2.24) is 9.80 Å². The van der Waals surface area contributed by atoms with Gasteiger partial charge < -0.3 is 9.80 Å². The SMILES string of the molecule is CC1CCCC(C(=O)N2CCCN(C(=O)C3CCCC(C)C3)CC2)C1. The number of carbonyl (C=O) groups excluding carboxylic acids is 2. The van der Waals surface area contributed by atoms with E-state index in [0.29, 0.717) is 23.7 Å². The van der Waals surface area contributed by atoms with Gasteiger partial charge in [-0.15, -0.1) is 0 Å². The number of rotatable bonds is 2. The first-order valence-corrected chi connectivity index (χ1v) is 10.6. The van der Waals surface area contributed by atoms with E-state index in [2.05, 4.69) is 23.6 Å². The van der Waals surface area contributed by atoms with E-state index in [1.165, 1.54) is 25.7 Å². The molecule has 0 N–H and O–H groups in total. The third-order valence-electron chi connectivity index (χ3n) is 6.69. The van der Waals surface area contributed by atoms with Gasteiger partial charge >= 0.3 is 0 Å². The molecule has 4 heteroatoms. The predicted molar refractivity (Wildman–Crippen MR) is 100 cm³/mol. The van der Waals surface area contributed by atoms with Crippen molar-refractivity contribution in [3.05, 3.63) is 0 Å². The van der Waals surface area contributed by atoms with E-state index in [0.717, 1.165) is 58.3 Å². The summed E-state index contributed by atoms with van der Waals surface area (Å²) in [6, 6.07) is 0. The fraction of sp³-hybridized carbons (Fsp3) is 0.905. The van der Waals surface area contributed by atoms with Crippen LogP contribution in [-0.2, 0) is 9.59 Å². The van der Waals surface area contributed by atoms with Crippen molar-refractivity contribution in [3.8, 4) is 0 Å². The summed E-state index contributed by atoms with van der Waals surface area (Å²) in [6.07, 6.45) is 10.1. The number of hydrogen-bond acceptors (Lipinski definition) is 2. The standard InChI is InChI=1S/C21H36N2O2/c1-16-6-3-8-18(14-16)20(24)22-10-5-11-23(13-12-22)21(25)19-9-4-7-17(2)15-19/h16-19H,3-15H2,1-2H3. The van der Waals surface area contributed by atoms with Crippen LogP contribution in [-0.4, -0.2) is 47.8 Å². The Bertz CT molecular complexity index is 437. The molecular weight excluding hydrogens is 312 g/mol. The lowest BCUT2D eigenvalue weighted by Gasteiger charge is -2.32. The van der Waals surface area contributed by atoms with E-state index >= 15 is 0 Å². The molecule has 25 heavy (non-hydrogen) atoms. The van der Waals surface area contributed by atoms with Crippen molar-refractivity contribution in [2.75, 3.05) is 26.2 Å². The summed E-state index contributed by atoms with van der Waals surface area (Å²) < 4.78 is 0. The topological polar surface area (TPSA) is 40.6 Å². The molecule has 0 aromatic heterocycles. The van der Waals surface area contributed by atoms with Crippen LogP contribution in [0.25, 0.3) is 0 Å². The highest BCUT2D eigenvalue weighted by Crippen LogP contribution is 2.31. The molecule has 4 nitrogen and oxygen atoms in total. The average Bonchev–Trinajstić information content (AvgIpc) is 2.86. The van der Waals surface area contributed by atoms with Crippen molar-refractivity contribution < 1.29 is 9.59 Å². The minimum atomic E-state index is 0.227. The zero-order valence-corrected chi connectivity index (χ0v) is 16.2. The second-order valence-corrected chi connectivity index (χ2v) is 8.94. The maximum absolute atomic E-state index is 12.9. The summed E-state index contributed by atoms with van der Waals surface area (Å²) in [5.74, 6) is 2.52. The van der Waals surface area contributed by atoms with Gasteiger partial charge in [-0.25, -0.2) is 0 Å². The fourth-order valence-electron chi connectivity index (χ4n) is 5.19. The van der Waals surface area contributed by atoms with Crippen molar-refractivity contribution in [1.29, 1.82) is 0 Å². The van der Waals surface area contributed by atoms with Gasteiger partial charge in [0, 0.05) is 38.0 Å². The van der Waals surface area contributed by atoms with Gasteiger partial charge in [0.15, 0.2) is 0 Å². The summed E-state index contributed by atoms with van der Waals surface area (Å²) in [5, 5.41) is 0. The Kier molecular flexibility index (Phi) is 6.40. The van der Waals surface area contributed by atoms with Crippen LogP contribution in [0.2, 0.25) is 0 Å². The quantitative estimate of drug-likeness (QED) is 0.763. The lowest BCUT2D eigenvalue weighted by molar-refractivity contribution is -0.139. The molecule has 0 radical (unpaired) electrons. The van der Waals surface area contributed by atoms with Crippen LogP contribution in [0.3, 0.4) is 0 Å². The van der Waals surface area contributed by atoms with E-state index in [1.807, 2.05) is 0 Å². The first-order valence-electron chi connectivity index (χ1n) is 10.6. The fourth-order valence-corrected chi connectivity index (χ4v) is 5.19. The van der Waals surface area contributed by atoms with Crippen LogP contribution in [0.5, 0.6) is 0 Å². The molecule has 3 fully saturated rings. The van der Waals surface area contributed by atoms with Gasteiger partial charge in [-0.2, -0.15) is 0 Å². The Balaban J connectivity index is 1.53. The van der Waals surface area contributed by atoms with E-state index in [4.69, 9.17) is 0 Å². The van der Waals surface area contributed by atoms with Gasteiger partial charge in [-0.1, -0.05) is 39.5 Å². The lowest BCUT2D eigenvalue weighted by atomic mass is 9.81. The molecule has 2 aliphatic carbocycles. The minimum Gasteiger partial charge on any atom is -0.341 e. The second kappa shape index (κ2) is 8.55. The van der Waals surface area contributed by atoms with E-state index in [9.17, 15) is 9.59 Å². The Morgan fingerprint density at radius 1 is 0.640 bits per heavy atom. The van der Waals surface area contributed by atoms with E-state index in [1.54, 1.807) is 0 Å². The highest BCUT2D eigenvalue weighted by Gasteiger charge is 2.32. The zero-order chi connectivity index (χ0) is 17.8. The highest BCUT2D eigenvalue weighted by molar-refractivity contribution is 5.80.